The molecule has 0 amide bonds. The summed E-state index contributed by atoms with van der Waals surface area (Å²) in [7, 11) is 0. The summed E-state index contributed by atoms with van der Waals surface area (Å²) in [6.07, 6.45) is 6.44. The van der Waals surface area contributed by atoms with Gasteiger partial charge in [-0.25, -0.2) is 0 Å². The zero-order valence-corrected chi connectivity index (χ0v) is 9.69. The minimum absolute atomic E-state index is 0.174. The van der Waals surface area contributed by atoms with E-state index < -0.39 is 0 Å². The summed E-state index contributed by atoms with van der Waals surface area (Å²) in [6.45, 7) is 2.50. The lowest BCUT2D eigenvalue weighted by atomic mass is 10.2. The second-order valence-corrected chi connectivity index (χ2v) is 3.61. The third-order valence-electron chi connectivity index (χ3n) is 2.15. The Hall–Kier alpha value is -1.57. The van der Waals surface area contributed by atoms with E-state index in [-0.39, 0.29) is 5.97 Å². The van der Waals surface area contributed by atoms with Crippen molar-refractivity contribution in [2.24, 2.45) is 0 Å². The van der Waals surface area contributed by atoms with E-state index in [1.54, 1.807) is 0 Å². The molecule has 0 radical (unpaired) electrons. The van der Waals surface area contributed by atoms with Gasteiger partial charge in [-0.2, -0.15) is 0 Å². The Balaban J connectivity index is 2.21. The molecule has 1 rings (SSSR count). The number of carbonyl (C=O) groups excluding carboxylic acids is 1. The van der Waals surface area contributed by atoms with Crippen molar-refractivity contribution >= 4 is 5.97 Å². The second kappa shape index (κ2) is 7.69. The minimum atomic E-state index is -0.174. The van der Waals surface area contributed by atoms with Gasteiger partial charge in [-0.1, -0.05) is 55.8 Å². The van der Waals surface area contributed by atoms with Crippen LogP contribution >= 0.6 is 0 Å². The molecule has 16 heavy (non-hydrogen) atoms. The van der Waals surface area contributed by atoms with Gasteiger partial charge in [-0.15, -0.1) is 0 Å². The van der Waals surface area contributed by atoms with E-state index in [0.29, 0.717) is 13.0 Å². The molecule has 0 atom stereocenters. The van der Waals surface area contributed by atoms with Crippen LogP contribution in [0.1, 0.15) is 25.3 Å². The summed E-state index contributed by atoms with van der Waals surface area (Å²) >= 11 is 0. The molecular weight excluding hydrogens is 200 g/mol. The lowest BCUT2D eigenvalue weighted by Gasteiger charge is -2.01. The number of hydrogen-bond donors (Lipinski definition) is 0. The number of carbonyl (C=O) groups is 1. The van der Waals surface area contributed by atoms with Gasteiger partial charge in [-0.05, 0) is 12.0 Å². The Morgan fingerprint density at radius 1 is 1.25 bits per heavy atom. The van der Waals surface area contributed by atoms with Crippen LogP contribution in [0.5, 0.6) is 0 Å². The molecule has 0 heterocycles. The van der Waals surface area contributed by atoms with Gasteiger partial charge in [0.25, 0.3) is 0 Å². The molecule has 0 aliphatic carbocycles. The number of unbranched alkanes of at least 4 members (excludes halogenated alkanes) is 1. The van der Waals surface area contributed by atoms with Crippen LogP contribution in [0, 0.1) is 0 Å². The summed E-state index contributed by atoms with van der Waals surface area (Å²) in [5.41, 5.74) is 0.991. The zero-order chi connectivity index (χ0) is 11.6. The van der Waals surface area contributed by atoms with Gasteiger partial charge in [0.1, 0.15) is 6.61 Å². The highest BCUT2D eigenvalue weighted by Crippen LogP contribution is 2.00. The molecule has 0 fully saturated rings. The molecule has 0 aromatic heterocycles. The molecule has 2 nitrogen and oxygen atoms in total. The Bertz CT molecular complexity index is 328. The SMILES string of the molecule is CCC/C=C/COC(=O)Cc1ccccc1. The first kappa shape index (κ1) is 12.5. The van der Waals surface area contributed by atoms with Crippen molar-refractivity contribution < 1.29 is 9.53 Å². The normalized spacial score (nSPS) is 10.6. The smallest absolute Gasteiger partial charge is 0.310 e. The number of ether oxygens (including phenoxy) is 1. The fraction of sp³-hybridized carbons (Fsp3) is 0.357. The highest BCUT2D eigenvalue weighted by Gasteiger charge is 2.02. The monoisotopic (exact) mass is 218 g/mol. The Labute approximate surface area is 96.9 Å². The van der Waals surface area contributed by atoms with E-state index in [1.165, 1.54) is 0 Å². The molecule has 2 heteroatoms. The zero-order valence-electron chi connectivity index (χ0n) is 9.69. The molecule has 0 bridgehead atoms. The predicted molar refractivity (Wildman–Crippen MR) is 65.2 cm³/mol. The Morgan fingerprint density at radius 3 is 2.69 bits per heavy atom. The first-order chi connectivity index (χ1) is 7.83. The van der Waals surface area contributed by atoms with Crippen molar-refractivity contribution in [2.75, 3.05) is 6.61 Å². The predicted octanol–water partition coefficient (Wildman–Crippen LogP) is 3.13. The Morgan fingerprint density at radius 2 is 2.00 bits per heavy atom. The number of rotatable bonds is 6. The van der Waals surface area contributed by atoms with Crippen LogP contribution < -0.4 is 0 Å². The summed E-state index contributed by atoms with van der Waals surface area (Å²) in [5.74, 6) is -0.174. The standard InChI is InChI=1S/C14H18O2/c1-2-3-4-8-11-16-14(15)12-13-9-6-5-7-10-13/h4-10H,2-3,11-12H2,1H3/b8-4+. The first-order valence-electron chi connectivity index (χ1n) is 5.67. The topological polar surface area (TPSA) is 26.3 Å². The third kappa shape index (κ3) is 5.35. The molecule has 86 valence electrons. The van der Waals surface area contributed by atoms with Gasteiger partial charge in [0.2, 0.25) is 0 Å². The van der Waals surface area contributed by atoms with Crippen molar-refractivity contribution in [1.82, 2.24) is 0 Å². The summed E-state index contributed by atoms with van der Waals surface area (Å²) in [5, 5.41) is 0. The molecule has 0 N–H and O–H groups in total. The molecule has 0 saturated heterocycles. The maximum absolute atomic E-state index is 11.4. The lowest BCUT2D eigenvalue weighted by Crippen LogP contribution is -2.07. The summed E-state index contributed by atoms with van der Waals surface area (Å²) in [4.78, 5) is 11.4. The Kier molecular flexibility index (Phi) is 6.00. The number of esters is 1. The van der Waals surface area contributed by atoms with Crippen LogP contribution in [0.3, 0.4) is 0 Å². The molecular formula is C14H18O2. The largest absolute Gasteiger partial charge is 0.461 e. The molecule has 0 aliphatic heterocycles. The van der Waals surface area contributed by atoms with Gasteiger partial charge >= 0.3 is 5.97 Å². The van der Waals surface area contributed by atoms with E-state index in [4.69, 9.17) is 4.74 Å². The van der Waals surface area contributed by atoms with E-state index in [9.17, 15) is 4.79 Å². The molecule has 0 aliphatic rings. The highest BCUT2D eigenvalue weighted by atomic mass is 16.5. The minimum Gasteiger partial charge on any atom is -0.461 e. The number of hydrogen-bond acceptors (Lipinski definition) is 2. The lowest BCUT2D eigenvalue weighted by molar-refractivity contribution is -0.141. The molecule has 1 aromatic rings. The van der Waals surface area contributed by atoms with Crippen LogP contribution in [0.4, 0.5) is 0 Å². The highest BCUT2D eigenvalue weighted by molar-refractivity contribution is 5.72. The fourth-order valence-electron chi connectivity index (χ4n) is 1.31. The van der Waals surface area contributed by atoms with E-state index in [1.807, 2.05) is 42.5 Å². The van der Waals surface area contributed by atoms with Crippen molar-refractivity contribution in [3.05, 3.63) is 48.0 Å². The van der Waals surface area contributed by atoms with Gasteiger partial charge < -0.3 is 4.74 Å². The summed E-state index contributed by atoms with van der Waals surface area (Å²) < 4.78 is 5.07. The van der Waals surface area contributed by atoms with Crippen LogP contribution in [0.15, 0.2) is 42.5 Å². The van der Waals surface area contributed by atoms with Crippen molar-refractivity contribution in [1.29, 1.82) is 0 Å². The maximum atomic E-state index is 11.4. The average molecular weight is 218 g/mol. The molecule has 0 saturated carbocycles. The fourth-order valence-corrected chi connectivity index (χ4v) is 1.31. The maximum Gasteiger partial charge on any atom is 0.310 e. The van der Waals surface area contributed by atoms with E-state index in [2.05, 4.69) is 6.92 Å². The van der Waals surface area contributed by atoms with Crippen LogP contribution in [0.2, 0.25) is 0 Å². The van der Waals surface area contributed by atoms with Gasteiger partial charge in [0, 0.05) is 0 Å². The average Bonchev–Trinajstić information content (AvgIpc) is 2.30. The van der Waals surface area contributed by atoms with Crippen LogP contribution in [0.25, 0.3) is 0 Å². The molecule has 0 spiro atoms. The van der Waals surface area contributed by atoms with Gasteiger partial charge in [0.05, 0.1) is 6.42 Å². The van der Waals surface area contributed by atoms with Gasteiger partial charge in [-0.3, -0.25) is 4.79 Å². The van der Waals surface area contributed by atoms with Crippen LogP contribution in [-0.2, 0) is 16.0 Å². The molecule has 0 unspecified atom stereocenters. The van der Waals surface area contributed by atoms with Crippen molar-refractivity contribution in [3.8, 4) is 0 Å². The summed E-state index contributed by atoms with van der Waals surface area (Å²) in [6, 6.07) is 9.62. The number of allylic oxidation sites excluding steroid dienone is 1. The van der Waals surface area contributed by atoms with E-state index >= 15 is 0 Å². The quantitative estimate of drug-likeness (QED) is 0.541. The third-order valence-corrected chi connectivity index (χ3v) is 2.15. The number of benzene rings is 1. The molecule has 1 aromatic carbocycles. The first-order valence-corrected chi connectivity index (χ1v) is 5.67. The van der Waals surface area contributed by atoms with Crippen molar-refractivity contribution in [3.63, 3.8) is 0 Å². The van der Waals surface area contributed by atoms with Gasteiger partial charge in [0.15, 0.2) is 0 Å². The van der Waals surface area contributed by atoms with Crippen molar-refractivity contribution in [2.45, 2.75) is 26.2 Å². The van der Waals surface area contributed by atoms with Crippen LogP contribution in [-0.4, -0.2) is 12.6 Å². The van der Waals surface area contributed by atoms with E-state index in [0.717, 1.165) is 18.4 Å². The second-order valence-electron chi connectivity index (χ2n) is 3.61.